The molecule has 1 aromatic carbocycles. The zero-order valence-corrected chi connectivity index (χ0v) is 14.0. The van der Waals surface area contributed by atoms with Crippen LogP contribution in [-0.4, -0.2) is 28.1 Å². The van der Waals surface area contributed by atoms with Gasteiger partial charge in [0.1, 0.15) is 23.2 Å². The summed E-state index contributed by atoms with van der Waals surface area (Å²) in [5, 5.41) is 19.7. The predicted octanol–water partition coefficient (Wildman–Crippen LogP) is 3.70. The summed E-state index contributed by atoms with van der Waals surface area (Å²) in [6.07, 6.45) is 8.44. The molecule has 0 unspecified atom stereocenters. The van der Waals surface area contributed by atoms with Crippen molar-refractivity contribution in [1.82, 2.24) is 0 Å². The minimum atomic E-state index is -0.779. The van der Waals surface area contributed by atoms with E-state index in [1.54, 1.807) is 13.0 Å². The van der Waals surface area contributed by atoms with Crippen molar-refractivity contribution < 1.29 is 24.5 Å². The number of hydrogen-bond donors (Lipinski definition) is 2. The Balaban J connectivity index is 2.49. The normalized spacial score (nSPS) is 22.2. The third kappa shape index (κ3) is 4.38. The summed E-state index contributed by atoms with van der Waals surface area (Å²) >= 11 is 6.05. The summed E-state index contributed by atoms with van der Waals surface area (Å²) in [6.45, 7) is 1.73. The first-order valence-corrected chi connectivity index (χ1v) is 8.06. The molecule has 1 aliphatic heterocycles. The number of rotatable bonds is 0. The molecule has 0 saturated heterocycles. The summed E-state index contributed by atoms with van der Waals surface area (Å²) < 4.78 is 5.31. The highest BCUT2D eigenvalue weighted by Gasteiger charge is 2.25. The summed E-state index contributed by atoms with van der Waals surface area (Å²) in [5.41, 5.74) is -0.124. The average Bonchev–Trinajstić information content (AvgIpc) is 2.50. The molecule has 0 fully saturated rings. The van der Waals surface area contributed by atoms with Gasteiger partial charge < -0.3 is 14.9 Å². The van der Waals surface area contributed by atoms with Gasteiger partial charge in [0.25, 0.3) is 0 Å². The van der Waals surface area contributed by atoms with E-state index >= 15 is 0 Å². The second-order valence-electron chi connectivity index (χ2n) is 5.63. The zero-order chi connectivity index (χ0) is 17.7. The lowest BCUT2D eigenvalue weighted by molar-refractivity contribution is -0.114. The highest BCUT2D eigenvalue weighted by molar-refractivity contribution is 6.33. The molecule has 128 valence electrons. The van der Waals surface area contributed by atoms with Gasteiger partial charge in [-0.3, -0.25) is 4.79 Å². The van der Waals surface area contributed by atoms with E-state index in [4.69, 9.17) is 16.3 Å². The maximum Gasteiger partial charge on any atom is 0.342 e. The minimum absolute atomic E-state index is 0.0635. The number of phenolic OH excluding ortho intramolecular Hbond substituents is 2. The van der Waals surface area contributed by atoms with Crippen molar-refractivity contribution in [3.05, 3.63) is 46.5 Å². The molecule has 0 spiro atoms. The van der Waals surface area contributed by atoms with E-state index in [1.807, 2.05) is 12.2 Å². The summed E-state index contributed by atoms with van der Waals surface area (Å²) in [5.74, 6) is -1.93. The van der Waals surface area contributed by atoms with E-state index in [0.29, 0.717) is 12.8 Å². The number of cyclic esters (lactones) is 1. The van der Waals surface area contributed by atoms with E-state index in [2.05, 4.69) is 0 Å². The van der Waals surface area contributed by atoms with Gasteiger partial charge in [0.15, 0.2) is 5.78 Å². The maximum atomic E-state index is 12.4. The number of phenols is 2. The van der Waals surface area contributed by atoms with E-state index < -0.39 is 23.6 Å². The Bertz CT molecular complexity index is 706. The fourth-order valence-corrected chi connectivity index (χ4v) is 2.63. The molecule has 24 heavy (non-hydrogen) atoms. The number of ketones is 1. The monoisotopic (exact) mass is 350 g/mol. The average molecular weight is 351 g/mol. The fourth-order valence-electron chi connectivity index (χ4n) is 2.41. The largest absolute Gasteiger partial charge is 0.507 e. The molecule has 0 bridgehead atoms. The van der Waals surface area contributed by atoms with Crippen LogP contribution in [0.3, 0.4) is 0 Å². The van der Waals surface area contributed by atoms with Gasteiger partial charge in [0, 0.05) is 24.5 Å². The Hall–Kier alpha value is -2.27. The molecule has 2 rings (SSSR count). The predicted molar refractivity (Wildman–Crippen MR) is 90.5 cm³/mol. The molecule has 1 aromatic rings. The highest BCUT2D eigenvalue weighted by Crippen LogP contribution is 2.37. The Morgan fingerprint density at radius 2 is 1.83 bits per heavy atom. The fraction of sp³-hybridized carbons (Fsp3) is 0.333. The van der Waals surface area contributed by atoms with Gasteiger partial charge in [-0.25, -0.2) is 4.79 Å². The molecule has 0 amide bonds. The lowest BCUT2D eigenvalue weighted by Crippen LogP contribution is -2.17. The van der Waals surface area contributed by atoms with Crippen molar-refractivity contribution in [1.29, 1.82) is 0 Å². The molecule has 1 heterocycles. The lowest BCUT2D eigenvalue weighted by Gasteiger charge is -2.16. The van der Waals surface area contributed by atoms with Gasteiger partial charge in [-0.2, -0.15) is 0 Å². The van der Waals surface area contributed by atoms with Crippen LogP contribution in [-0.2, 0) is 16.0 Å². The minimum Gasteiger partial charge on any atom is -0.507 e. The van der Waals surface area contributed by atoms with Crippen LogP contribution in [0, 0.1) is 0 Å². The van der Waals surface area contributed by atoms with Crippen molar-refractivity contribution in [2.45, 2.75) is 38.7 Å². The molecule has 1 atom stereocenters. The zero-order valence-electron chi connectivity index (χ0n) is 13.3. The molecule has 2 N–H and O–H groups in total. The van der Waals surface area contributed by atoms with Crippen molar-refractivity contribution >= 4 is 23.4 Å². The topological polar surface area (TPSA) is 83.8 Å². The third-order valence-electron chi connectivity index (χ3n) is 3.62. The SMILES string of the molecule is C[C@@H]1C/C=C\CC/C=C/C(=O)Cc2c(Cl)c(O)cc(O)c2C(=O)O1. The first-order chi connectivity index (χ1) is 11.4. The molecule has 5 nitrogen and oxygen atoms in total. The van der Waals surface area contributed by atoms with Crippen molar-refractivity contribution in [3.63, 3.8) is 0 Å². The van der Waals surface area contributed by atoms with Crippen LogP contribution < -0.4 is 0 Å². The number of allylic oxidation sites excluding steroid dienone is 3. The number of halogens is 1. The Labute approximate surface area is 145 Å². The second-order valence-corrected chi connectivity index (χ2v) is 6.01. The third-order valence-corrected chi connectivity index (χ3v) is 4.04. The molecular formula is C18H19ClO5. The number of aromatic hydroxyl groups is 2. The molecular weight excluding hydrogens is 332 g/mol. The number of fused-ring (bicyclic) bond motifs is 1. The van der Waals surface area contributed by atoms with Crippen LogP contribution in [0.5, 0.6) is 11.5 Å². The van der Waals surface area contributed by atoms with Crippen LogP contribution in [0.2, 0.25) is 5.02 Å². The molecule has 1 aliphatic rings. The Morgan fingerprint density at radius 3 is 2.58 bits per heavy atom. The van der Waals surface area contributed by atoms with E-state index in [1.165, 1.54) is 6.08 Å². The van der Waals surface area contributed by atoms with Crippen molar-refractivity contribution in [3.8, 4) is 11.5 Å². The maximum absolute atomic E-state index is 12.4. The number of carbonyl (C=O) groups excluding carboxylic acids is 2. The van der Waals surface area contributed by atoms with E-state index in [9.17, 15) is 19.8 Å². The van der Waals surface area contributed by atoms with Crippen molar-refractivity contribution in [2.75, 3.05) is 0 Å². The number of benzene rings is 1. The molecule has 0 aliphatic carbocycles. The first kappa shape index (κ1) is 18.1. The standard InChI is InChI=1S/C18H19ClO5/c1-11-7-5-3-2-4-6-8-12(20)9-13-16(18(23)24-11)14(21)10-15(22)17(13)19/h3,5-6,8,10-11,21-22H,2,4,7,9H2,1H3/b5-3-,8-6+/t11-/m1/s1. The van der Waals surface area contributed by atoms with Crippen LogP contribution >= 0.6 is 11.6 Å². The highest BCUT2D eigenvalue weighted by atomic mass is 35.5. The summed E-state index contributed by atoms with van der Waals surface area (Å²) in [4.78, 5) is 24.5. The van der Waals surface area contributed by atoms with Gasteiger partial charge in [0.2, 0.25) is 0 Å². The van der Waals surface area contributed by atoms with Crippen LogP contribution in [0.25, 0.3) is 0 Å². The van der Waals surface area contributed by atoms with E-state index in [0.717, 1.165) is 12.5 Å². The van der Waals surface area contributed by atoms with Gasteiger partial charge in [-0.05, 0) is 25.8 Å². The Kier molecular flexibility index (Phi) is 6.04. The molecule has 0 aromatic heterocycles. The summed E-state index contributed by atoms with van der Waals surface area (Å²) in [7, 11) is 0. The van der Waals surface area contributed by atoms with Crippen molar-refractivity contribution in [2.24, 2.45) is 0 Å². The molecule has 0 saturated carbocycles. The van der Waals surface area contributed by atoms with Crippen LogP contribution in [0.15, 0.2) is 30.4 Å². The number of esters is 1. The smallest absolute Gasteiger partial charge is 0.342 e. The number of ether oxygens (including phenoxy) is 1. The molecule has 0 radical (unpaired) electrons. The molecule has 6 heteroatoms. The van der Waals surface area contributed by atoms with Gasteiger partial charge >= 0.3 is 5.97 Å². The van der Waals surface area contributed by atoms with Gasteiger partial charge in [-0.1, -0.05) is 29.8 Å². The van der Waals surface area contributed by atoms with Gasteiger partial charge in [0.05, 0.1) is 5.02 Å². The number of carbonyl (C=O) groups is 2. The second kappa shape index (κ2) is 8.02. The summed E-state index contributed by atoms with van der Waals surface area (Å²) in [6, 6.07) is 0.969. The first-order valence-electron chi connectivity index (χ1n) is 7.68. The Morgan fingerprint density at radius 1 is 1.12 bits per heavy atom. The van der Waals surface area contributed by atoms with Crippen LogP contribution in [0.4, 0.5) is 0 Å². The van der Waals surface area contributed by atoms with E-state index in [-0.39, 0.29) is 28.4 Å². The quantitative estimate of drug-likeness (QED) is 0.550. The van der Waals surface area contributed by atoms with Crippen LogP contribution in [0.1, 0.15) is 42.1 Å². The number of hydrogen-bond acceptors (Lipinski definition) is 5. The lowest BCUT2D eigenvalue weighted by atomic mass is 9.99. The van der Waals surface area contributed by atoms with Gasteiger partial charge in [-0.15, -0.1) is 0 Å².